The summed E-state index contributed by atoms with van der Waals surface area (Å²) in [6.07, 6.45) is 0. The van der Waals surface area contributed by atoms with Gasteiger partial charge in [-0.2, -0.15) is 0 Å². The fraction of sp³-hybridized carbons (Fsp3) is 0. The zero-order chi connectivity index (χ0) is 35.4. The van der Waals surface area contributed by atoms with Gasteiger partial charge in [-0.3, -0.25) is 4.79 Å². The quantitative estimate of drug-likeness (QED) is 0.147. The summed E-state index contributed by atoms with van der Waals surface area (Å²) in [5.41, 5.74) is 12.0. The van der Waals surface area contributed by atoms with E-state index in [0.717, 1.165) is 78.9 Å². The maximum Gasteiger partial charge on any atom is 0.198 e. The molecule has 0 aliphatic rings. The van der Waals surface area contributed by atoms with Gasteiger partial charge in [0.05, 0.1) is 5.56 Å². The van der Waals surface area contributed by atoms with Crippen LogP contribution in [0, 0.1) is 11.6 Å². The molecule has 0 heterocycles. The molecule has 3 heteroatoms. The highest BCUT2D eigenvalue weighted by atomic mass is 19.1. The zero-order valence-electron chi connectivity index (χ0n) is 28.1. The average Bonchev–Trinajstić information content (AvgIpc) is 3.21. The lowest BCUT2D eigenvalue weighted by atomic mass is 9.74. The molecule has 0 spiro atoms. The van der Waals surface area contributed by atoms with Crippen LogP contribution in [-0.2, 0) is 0 Å². The van der Waals surface area contributed by atoms with Crippen LogP contribution in [0.4, 0.5) is 8.78 Å². The van der Waals surface area contributed by atoms with Crippen molar-refractivity contribution in [2.45, 2.75) is 0 Å². The van der Waals surface area contributed by atoms with E-state index >= 15 is 0 Å². The van der Waals surface area contributed by atoms with Crippen molar-refractivity contribution in [2.75, 3.05) is 0 Å². The second-order valence-corrected chi connectivity index (χ2v) is 12.6. The number of ketones is 1. The lowest BCUT2D eigenvalue weighted by Gasteiger charge is -2.28. The van der Waals surface area contributed by atoms with Crippen LogP contribution in [0.1, 0.15) is 15.9 Å². The summed E-state index contributed by atoms with van der Waals surface area (Å²) < 4.78 is 29.5. The van der Waals surface area contributed by atoms with Crippen molar-refractivity contribution in [3.63, 3.8) is 0 Å². The van der Waals surface area contributed by atoms with E-state index < -0.39 is 23.0 Å². The standard InChI is InChI=1S/C49H32F2O/c50-40-27-16-28-41(51)48(40)49(52)39-31-29-38(30-32-39)47-45(36-23-12-4-13-24-36)43(34-19-8-2-9-20-34)42(33-17-6-1-7-18-33)44(35-21-10-3-11-22-35)46(47)37-25-14-5-15-26-37/h1-32H. The van der Waals surface area contributed by atoms with Crippen LogP contribution in [-0.4, -0.2) is 5.78 Å². The summed E-state index contributed by atoms with van der Waals surface area (Å²) >= 11 is 0. The molecule has 0 radical (unpaired) electrons. The Morgan fingerprint density at radius 3 is 0.808 bits per heavy atom. The minimum atomic E-state index is -0.886. The Morgan fingerprint density at radius 2 is 0.538 bits per heavy atom. The van der Waals surface area contributed by atoms with Crippen molar-refractivity contribution in [3.05, 3.63) is 217 Å². The Hall–Kier alpha value is -6.71. The van der Waals surface area contributed by atoms with Gasteiger partial charge in [-0.1, -0.05) is 182 Å². The number of hydrogen-bond acceptors (Lipinski definition) is 1. The minimum absolute atomic E-state index is 0.197. The first-order chi connectivity index (χ1) is 25.6. The first-order valence-corrected chi connectivity index (χ1v) is 17.2. The highest BCUT2D eigenvalue weighted by Crippen LogP contribution is 2.55. The highest BCUT2D eigenvalue weighted by molar-refractivity contribution is 6.15. The minimum Gasteiger partial charge on any atom is -0.288 e. The molecule has 0 atom stereocenters. The van der Waals surface area contributed by atoms with E-state index in [1.54, 1.807) is 12.1 Å². The highest BCUT2D eigenvalue weighted by Gasteiger charge is 2.29. The molecule has 0 fully saturated rings. The molecule has 0 aliphatic heterocycles. The van der Waals surface area contributed by atoms with Crippen LogP contribution >= 0.6 is 0 Å². The van der Waals surface area contributed by atoms with Gasteiger partial charge in [0.2, 0.25) is 0 Å². The molecule has 8 aromatic rings. The van der Waals surface area contributed by atoms with E-state index in [-0.39, 0.29) is 5.56 Å². The molecule has 0 N–H and O–H groups in total. The number of benzene rings is 8. The second-order valence-electron chi connectivity index (χ2n) is 12.6. The third kappa shape index (κ3) is 6.03. The van der Waals surface area contributed by atoms with Gasteiger partial charge in [0.1, 0.15) is 11.6 Å². The first kappa shape index (κ1) is 32.5. The summed E-state index contributed by atoms with van der Waals surface area (Å²) in [7, 11) is 0. The van der Waals surface area contributed by atoms with Crippen LogP contribution < -0.4 is 0 Å². The first-order valence-electron chi connectivity index (χ1n) is 17.2. The van der Waals surface area contributed by atoms with Crippen molar-refractivity contribution < 1.29 is 13.6 Å². The lowest BCUT2D eigenvalue weighted by Crippen LogP contribution is -2.07. The molecule has 52 heavy (non-hydrogen) atoms. The van der Waals surface area contributed by atoms with Gasteiger partial charge in [0.25, 0.3) is 0 Å². The van der Waals surface area contributed by atoms with E-state index in [4.69, 9.17) is 0 Å². The normalized spacial score (nSPS) is 11.0. The van der Waals surface area contributed by atoms with Crippen molar-refractivity contribution >= 4 is 5.78 Å². The summed E-state index contributed by atoms with van der Waals surface area (Å²) in [6, 6.07) is 62.8. The molecule has 0 saturated carbocycles. The Kier molecular flexibility index (Phi) is 8.91. The monoisotopic (exact) mass is 674 g/mol. The van der Waals surface area contributed by atoms with Crippen molar-refractivity contribution in [1.29, 1.82) is 0 Å². The topological polar surface area (TPSA) is 17.1 Å². The fourth-order valence-corrected chi connectivity index (χ4v) is 7.15. The molecule has 0 aromatic heterocycles. The third-order valence-electron chi connectivity index (χ3n) is 9.44. The van der Waals surface area contributed by atoms with Gasteiger partial charge >= 0.3 is 0 Å². The number of carbonyl (C=O) groups is 1. The van der Waals surface area contributed by atoms with Gasteiger partial charge in [-0.05, 0) is 78.9 Å². The molecule has 1 nitrogen and oxygen atoms in total. The molecule has 8 rings (SSSR count). The third-order valence-corrected chi connectivity index (χ3v) is 9.44. The van der Waals surface area contributed by atoms with Crippen LogP contribution in [0.15, 0.2) is 194 Å². The van der Waals surface area contributed by atoms with E-state index in [2.05, 4.69) is 97.1 Å². The Balaban J connectivity index is 1.55. The van der Waals surface area contributed by atoms with E-state index in [0.29, 0.717) is 0 Å². The van der Waals surface area contributed by atoms with Crippen LogP contribution in [0.25, 0.3) is 66.8 Å². The van der Waals surface area contributed by atoms with Gasteiger partial charge in [-0.25, -0.2) is 8.78 Å². The predicted octanol–water partition coefficient (Wildman–Crippen LogP) is 13.2. The zero-order valence-corrected chi connectivity index (χ0v) is 28.1. The van der Waals surface area contributed by atoms with E-state index in [1.807, 2.05) is 66.7 Å². The molecule has 0 aliphatic carbocycles. The maximum atomic E-state index is 14.7. The van der Waals surface area contributed by atoms with Crippen molar-refractivity contribution in [3.8, 4) is 66.8 Å². The summed E-state index contributed by atoms with van der Waals surface area (Å²) in [5.74, 6) is -2.48. The van der Waals surface area contributed by atoms with E-state index in [9.17, 15) is 13.6 Å². The number of carbonyl (C=O) groups excluding carboxylic acids is 1. The van der Waals surface area contributed by atoms with Crippen LogP contribution in [0.2, 0.25) is 0 Å². The Bertz CT molecular complexity index is 2370. The van der Waals surface area contributed by atoms with Gasteiger partial charge in [-0.15, -0.1) is 0 Å². The summed E-state index contributed by atoms with van der Waals surface area (Å²) in [4.78, 5) is 13.5. The SMILES string of the molecule is O=C(c1ccc(-c2c(-c3ccccc3)c(-c3ccccc3)c(-c3ccccc3)c(-c3ccccc3)c2-c2ccccc2)cc1)c1c(F)cccc1F. The molecule has 0 amide bonds. The predicted molar refractivity (Wildman–Crippen MR) is 209 cm³/mol. The molecule has 0 saturated heterocycles. The smallest absolute Gasteiger partial charge is 0.198 e. The number of halogens is 2. The second kappa shape index (κ2) is 14.3. The molecule has 248 valence electrons. The summed E-state index contributed by atoms with van der Waals surface area (Å²) in [5, 5.41) is 0. The van der Waals surface area contributed by atoms with Crippen LogP contribution in [0.5, 0.6) is 0 Å². The molecular weight excluding hydrogens is 643 g/mol. The van der Waals surface area contributed by atoms with Gasteiger partial charge in [0.15, 0.2) is 5.78 Å². The molecular formula is C49H32F2O. The van der Waals surface area contributed by atoms with Gasteiger partial charge < -0.3 is 0 Å². The van der Waals surface area contributed by atoms with Crippen LogP contribution in [0.3, 0.4) is 0 Å². The molecule has 0 unspecified atom stereocenters. The number of rotatable bonds is 8. The van der Waals surface area contributed by atoms with Gasteiger partial charge in [0, 0.05) is 5.56 Å². The fourth-order valence-electron chi connectivity index (χ4n) is 7.15. The Labute approximate surface area is 302 Å². The average molecular weight is 675 g/mol. The lowest BCUT2D eigenvalue weighted by molar-refractivity contribution is 0.103. The Morgan fingerprint density at radius 1 is 0.288 bits per heavy atom. The van der Waals surface area contributed by atoms with E-state index in [1.165, 1.54) is 6.07 Å². The molecule has 8 aromatic carbocycles. The summed E-state index contributed by atoms with van der Waals surface area (Å²) in [6.45, 7) is 0. The number of hydrogen-bond donors (Lipinski definition) is 0. The van der Waals surface area contributed by atoms with Crippen molar-refractivity contribution in [1.82, 2.24) is 0 Å². The maximum absolute atomic E-state index is 14.7. The molecule has 0 bridgehead atoms. The largest absolute Gasteiger partial charge is 0.288 e. The van der Waals surface area contributed by atoms with Crippen molar-refractivity contribution in [2.24, 2.45) is 0 Å².